The zero-order valence-corrected chi connectivity index (χ0v) is 15.5. The fraction of sp³-hybridized carbons (Fsp3) is 0.471. The van der Waals surface area contributed by atoms with E-state index in [4.69, 9.17) is 9.47 Å². The molecule has 1 saturated heterocycles. The third-order valence-corrected chi connectivity index (χ3v) is 4.05. The van der Waals surface area contributed by atoms with Crippen LogP contribution in [0.4, 0.5) is 4.79 Å². The van der Waals surface area contributed by atoms with Crippen LogP contribution in [0.25, 0.3) is 0 Å². The first kappa shape index (κ1) is 19.4. The number of amides is 3. The summed E-state index contributed by atoms with van der Waals surface area (Å²) < 4.78 is 10.7. The predicted octanol–water partition coefficient (Wildman–Crippen LogP) is 0.482. The lowest BCUT2D eigenvalue weighted by Gasteiger charge is -2.21. The van der Waals surface area contributed by atoms with Gasteiger partial charge in [-0.05, 0) is 25.1 Å². The van der Waals surface area contributed by atoms with Gasteiger partial charge in [0.25, 0.3) is 0 Å². The van der Waals surface area contributed by atoms with Crippen molar-refractivity contribution >= 4 is 17.9 Å². The minimum Gasteiger partial charge on any atom is -0.497 e. The SMILES string of the molecule is CN=C(NCCN1C(=O)CNC1=O)NC(C)c1cc(OC)ccc1OC. The highest BCUT2D eigenvalue weighted by Gasteiger charge is 2.27. The van der Waals surface area contributed by atoms with Crippen molar-refractivity contribution < 1.29 is 19.1 Å². The summed E-state index contributed by atoms with van der Waals surface area (Å²) in [5.41, 5.74) is 0.920. The molecule has 0 aromatic heterocycles. The molecule has 0 radical (unpaired) electrons. The Morgan fingerprint density at radius 3 is 2.69 bits per heavy atom. The number of hydrogen-bond acceptors (Lipinski definition) is 5. The summed E-state index contributed by atoms with van der Waals surface area (Å²) in [4.78, 5) is 28.4. The van der Waals surface area contributed by atoms with Crippen molar-refractivity contribution in [3.05, 3.63) is 23.8 Å². The molecule has 1 unspecified atom stereocenters. The van der Waals surface area contributed by atoms with Crippen molar-refractivity contribution in [1.29, 1.82) is 0 Å². The van der Waals surface area contributed by atoms with E-state index < -0.39 is 0 Å². The first-order chi connectivity index (χ1) is 12.5. The van der Waals surface area contributed by atoms with Crippen molar-refractivity contribution in [2.45, 2.75) is 13.0 Å². The molecular formula is C17H25N5O4. The molecule has 142 valence electrons. The quantitative estimate of drug-likeness (QED) is 0.370. The van der Waals surface area contributed by atoms with Crippen LogP contribution in [-0.4, -0.2) is 63.7 Å². The Kier molecular flexibility index (Phi) is 6.65. The molecule has 1 aromatic rings. The second kappa shape index (κ2) is 8.93. The molecule has 0 saturated carbocycles. The second-order valence-electron chi connectivity index (χ2n) is 5.68. The second-order valence-corrected chi connectivity index (χ2v) is 5.68. The molecule has 9 nitrogen and oxygen atoms in total. The van der Waals surface area contributed by atoms with Gasteiger partial charge in [-0.3, -0.25) is 14.7 Å². The third kappa shape index (κ3) is 4.56. The minimum atomic E-state index is -0.366. The predicted molar refractivity (Wildman–Crippen MR) is 97.6 cm³/mol. The van der Waals surface area contributed by atoms with Crippen molar-refractivity contribution in [2.75, 3.05) is 40.9 Å². The number of guanidine groups is 1. The van der Waals surface area contributed by atoms with Crippen LogP contribution in [0.1, 0.15) is 18.5 Å². The Labute approximate surface area is 152 Å². The maximum atomic E-state index is 11.6. The van der Waals surface area contributed by atoms with Crippen LogP contribution in [0.3, 0.4) is 0 Å². The molecule has 0 spiro atoms. The average molecular weight is 363 g/mol. The van der Waals surface area contributed by atoms with Crippen molar-refractivity contribution in [3.63, 3.8) is 0 Å². The van der Waals surface area contributed by atoms with E-state index in [-0.39, 0.29) is 31.1 Å². The number of carbonyl (C=O) groups is 2. The van der Waals surface area contributed by atoms with E-state index in [0.29, 0.717) is 12.5 Å². The lowest BCUT2D eigenvalue weighted by Crippen LogP contribution is -2.43. The van der Waals surface area contributed by atoms with Gasteiger partial charge in [0.05, 0.1) is 26.8 Å². The monoisotopic (exact) mass is 363 g/mol. The van der Waals surface area contributed by atoms with Gasteiger partial charge in [0.2, 0.25) is 5.91 Å². The first-order valence-corrected chi connectivity index (χ1v) is 8.27. The van der Waals surface area contributed by atoms with Gasteiger partial charge in [-0.25, -0.2) is 4.79 Å². The normalized spacial score (nSPS) is 15.5. The number of nitrogens with one attached hydrogen (secondary N) is 3. The molecular weight excluding hydrogens is 338 g/mol. The van der Waals surface area contributed by atoms with E-state index in [9.17, 15) is 9.59 Å². The molecule has 0 aliphatic carbocycles. The third-order valence-electron chi connectivity index (χ3n) is 4.05. The summed E-state index contributed by atoms with van der Waals surface area (Å²) in [5, 5.41) is 8.84. The van der Waals surface area contributed by atoms with Gasteiger partial charge in [-0.1, -0.05) is 0 Å². The highest BCUT2D eigenvalue weighted by molar-refractivity contribution is 6.01. The zero-order valence-electron chi connectivity index (χ0n) is 15.5. The number of carbonyl (C=O) groups excluding carboxylic acids is 2. The van der Waals surface area contributed by atoms with Crippen LogP contribution in [0.5, 0.6) is 11.5 Å². The Morgan fingerprint density at radius 1 is 1.35 bits per heavy atom. The van der Waals surface area contributed by atoms with Crippen LogP contribution in [0.15, 0.2) is 23.2 Å². The fourth-order valence-corrected chi connectivity index (χ4v) is 2.62. The maximum absolute atomic E-state index is 11.6. The van der Waals surface area contributed by atoms with Gasteiger partial charge >= 0.3 is 6.03 Å². The van der Waals surface area contributed by atoms with Crippen LogP contribution < -0.4 is 25.4 Å². The van der Waals surface area contributed by atoms with E-state index in [2.05, 4.69) is 20.9 Å². The van der Waals surface area contributed by atoms with Gasteiger partial charge in [0.1, 0.15) is 11.5 Å². The standard InChI is InChI=1S/C17H25N5O4/c1-11(13-9-12(25-3)5-6-14(13)26-4)21-16(18-2)19-7-8-22-15(23)10-20-17(22)24/h5-6,9,11H,7-8,10H2,1-4H3,(H,20,24)(H2,18,19,21). The molecule has 26 heavy (non-hydrogen) atoms. The van der Waals surface area contributed by atoms with Gasteiger partial charge in [0.15, 0.2) is 5.96 Å². The number of imide groups is 1. The number of aliphatic imine (C=N–C) groups is 1. The number of nitrogens with zero attached hydrogens (tertiary/aromatic N) is 2. The highest BCUT2D eigenvalue weighted by Crippen LogP contribution is 2.29. The molecule has 2 rings (SSSR count). The summed E-state index contributed by atoms with van der Waals surface area (Å²) in [6, 6.07) is 5.11. The molecule has 1 aliphatic heterocycles. The van der Waals surface area contributed by atoms with Gasteiger partial charge < -0.3 is 25.4 Å². The van der Waals surface area contributed by atoms with Crippen LogP contribution in [0.2, 0.25) is 0 Å². The molecule has 3 amide bonds. The summed E-state index contributed by atoms with van der Waals surface area (Å²) in [7, 11) is 4.88. The number of ether oxygens (including phenoxy) is 2. The number of urea groups is 1. The number of methoxy groups -OCH3 is 2. The molecule has 1 aliphatic rings. The first-order valence-electron chi connectivity index (χ1n) is 8.27. The van der Waals surface area contributed by atoms with Crippen molar-refractivity contribution in [1.82, 2.24) is 20.9 Å². The van der Waals surface area contributed by atoms with Gasteiger partial charge in [-0.15, -0.1) is 0 Å². The molecule has 3 N–H and O–H groups in total. The van der Waals surface area contributed by atoms with E-state index >= 15 is 0 Å². The molecule has 1 heterocycles. The van der Waals surface area contributed by atoms with Crippen LogP contribution >= 0.6 is 0 Å². The summed E-state index contributed by atoms with van der Waals surface area (Å²) >= 11 is 0. The summed E-state index contributed by atoms with van der Waals surface area (Å²) in [5.74, 6) is 1.79. The highest BCUT2D eigenvalue weighted by atomic mass is 16.5. The smallest absolute Gasteiger partial charge is 0.324 e. The molecule has 1 fully saturated rings. The Morgan fingerprint density at radius 2 is 2.12 bits per heavy atom. The zero-order chi connectivity index (χ0) is 19.1. The van der Waals surface area contributed by atoms with E-state index in [1.54, 1.807) is 21.3 Å². The van der Waals surface area contributed by atoms with Crippen molar-refractivity contribution in [3.8, 4) is 11.5 Å². The van der Waals surface area contributed by atoms with E-state index in [1.807, 2.05) is 25.1 Å². The molecule has 1 atom stereocenters. The van der Waals surface area contributed by atoms with E-state index in [1.165, 1.54) is 4.90 Å². The largest absolute Gasteiger partial charge is 0.497 e. The number of benzene rings is 1. The Hall–Kier alpha value is -2.97. The number of rotatable bonds is 7. The fourth-order valence-electron chi connectivity index (χ4n) is 2.62. The van der Waals surface area contributed by atoms with Crippen LogP contribution in [0, 0.1) is 0 Å². The molecule has 0 bridgehead atoms. The number of hydrogen-bond donors (Lipinski definition) is 3. The Bertz CT molecular complexity index is 676. The van der Waals surface area contributed by atoms with Gasteiger partial charge in [-0.2, -0.15) is 0 Å². The molecule has 1 aromatic carbocycles. The Balaban J connectivity index is 1.95. The van der Waals surface area contributed by atoms with Crippen LogP contribution in [-0.2, 0) is 4.79 Å². The maximum Gasteiger partial charge on any atom is 0.324 e. The lowest BCUT2D eigenvalue weighted by molar-refractivity contribution is -0.124. The molecule has 9 heteroatoms. The summed E-state index contributed by atoms with van der Waals surface area (Å²) in [6.45, 7) is 2.68. The lowest BCUT2D eigenvalue weighted by atomic mass is 10.1. The topological polar surface area (TPSA) is 104 Å². The van der Waals surface area contributed by atoms with E-state index in [0.717, 1.165) is 17.1 Å². The average Bonchev–Trinajstić information content (AvgIpc) is 2.98. The van der Waals surface area contributed by atoms with Gasteiger partial charge in [0, 0.05) is 25.7 Å². The summed E-state index contributed by atoms with van der Waals surface area (Å²) in [6.07, 6.45) is 0. The minimum absolute atomic E-state index is 0.0540. The van der Waals surface area contributed by atoms with Crippen molar-refractivity contribution in [2.24, 2.45) is 4.99 Å².